The summed E-state index contributed by atoms with van der Waals surface area (Å²) >= 11 is 0. The summed E-state index contributed by atoms with van der Waals surface area (Å²) in [6.45, 7) is 1.74. The summed E-state index contributed by atoms with van der Waals surface area (Å²) in [5, 5.41) is 6.70. The molecule has 1 aliphatic rings. The lowest BCUT2D eigenvalue weighted by molar-refractivity contribution is -0.111. The minimum Gasteiger partial charge on any atom is -0.486 e. The summed E-state index contributed by atoms with van der Waals surface area (Å²) in [5.41, 5.74) is 1.79. The molecule has 0 aliphatic carbocycles. The number of halogens is 1. The number of carbonyl (C=O) groups is 1. The van der Waals surface area contributed by atoms with Crippen molar-refractivity contribution in [2.45, 2.75) is 12.5 Å². The molecule has 0 spiro atoms. The van der Waals surface area contributed by atoms with Gasteiger partial charge in [0.1, 0.15) is 29.8 Å². The van der Waals surface area contributed by atoms with Gasteiger partial charge in [-0.1, -0.05) is 12.0 Å². The number of carbonyl (C=O) groups excluding carboxylic acids is 1. The Kier molecular flexibility index (Phi) is 7.55. The Morgan fingerprint density at radius 3 is 2.94 bits per heavy atom. The Labute approximate surface area is 203 Å². The third-order valence-electron chi connectivity index (χ3n) is 5.30. The molecular weight excluding hydrogens is 449 g/mol. The van der Waals surface area contributed by atoms with E-state index in [1.807, 2.05) is 19.0 Å². The van der Waals surface area contributed by atoms with Crippen molar-refractivity contribution in [3.8, 4) is 18.1 Å². The molecule has 1 unspecified atom stereocenters. The van der Waals surface area contributed by atoms with Crippen molar-refractivity contribution in [3.05, 3.63) is 60.2 Å². The summed E-state index contributed by atoms with van der Waals surface area (Å²) in [7, 11) is 3.84. The Balaban J connectivity index is 1.69. The first-order valence-electron chi connectivity index (χ1n) is 11.1. The minimum atomic E-state index is -0.476. The van der Waals surface area contributed by atoms with Gasteiger partial charge in [-0.15, -0.1) is 6.42 Å². The molecule has 0 radical (unpaired) electrons. The van der Waals surface area contributed by atoms with E-state index in [4.69, 9.17) is 15.9 Å². The van der Waals surface area contributed by atoms with Gasteiger partial charge in [-0.05, 0) is 38.4 Å². The van der Waals surface area contributed by atoms with Crippen LogP contribution in [0.25, 0.3) is 10.9 Å². The van der Waals surface area contributed by atoms with E-state index in [0.717, 1.165) is 6.42 Å². The molecule has 2 aromatic carbocycles. The second kappa shape index (κ2) is 11.0. The molecule has 1 aromatic heterocycles. The fourth-order valence-electron chi connectivity index (χ4n) is 3.56. The topological polar surface area (TPSA) is 88.6 Å². The molecule has 35 heavy (non-hydrogen) atoms. The number of benzene rings is 2. The number of amides is 1. The van der Waals surface area contributed by atoms with Crippen LogP contribution < -0.4 is 15.4 Å². The highest BCUT2D eigenvalue weighted by Gasteiger charge is 2.20. The van der Waals surface area contributed by atoms with Crippen LogP contribution in [0, 0.1) is 18.2 Å². The lowest BCUT2D eigenvalue weighted by Gasteiger charge is -2.17. The Morgan fingerprint density at radius 1 is 1.34 bits per heavy atom. The van der Waals surface area contributed by atoms with Gasteiger partial charge >= 0.3 is 0 Å². The highest BCUT2D eigenvalue weighted by molar-refractivity contribution is 6.03. The number of likely N-dealkylation sites (N-methyl/N-ethyl adjacent to an activating group) is 1. The van der Waals surface area contributed by atoms with E-state index in [9.17, 15) is 9.18 Å². The van der Waals surface area contributed by atoms with Crippen molar-refractivity contribution >= 4 is 34.0 Å². The van der Waals surface area contributed by atoms with Crippen LogP contribution in [0.15, 0.2) is 48.8 Å². The standard InChI is InChI=1S/C26H26FN5O3/c1-4-17-12-18(7-8-21(17)27)30-26-20-13-23(31-25(33)6-5-10-32(2)3)24(14-22(20)28-16-29-26)35-19-9-11-34-15-19/h1,5-8,12-14,16,19H,9-11,15H2,2-3H3,(H,31,33)(H,28,29,30)/b6-5+. The van der Waals surface area contributed by atoms with Crippen molar-refractivity contribution in [2.75, 3.05) is 44.5 Å². The first-order chi connectivity index (χ1) is 16.9. The second-order valence-corrected chi connectivity index (χ2v) is 8.31. The van der Waals surface area contributed by atoms with Gasteiger partial charge in [0.15, 0.2) is 0 Å². The minimum absolute atomic E-state index is 0.117. The number of aromatic nitrogens is 2. The normalized spacial score (nSPS) is 15.5. The number of rotatable bonds is 8. The molecular formula is C26H26FN5O3. The molecule has 1 amide bonds. The summed E-state index contributed by atoms with van der Waals surface area (Å²) in [5.74, 6) is 2.52. The van der Waals surface area contributed by atoms with Crippen LogP contribution in [0.2, 0.25) is 0 Å². The van der Waals surface area contributed by atoms with Gasteiger partial charge in [-0.2, -0.15) is 0 Å². The maximum atomic E-state index is 13.8. The summed E-state index contributed by atoms with van der Waals surface area (Å²) < 4.78 is 25.4. The third kappa shape index (κ3) is 6.12. The molecule has 1 saturated heterocycles. The Bertz CT molecular complexity index is 1300. The maximum Gasteiger partial charge on any atom is 0.248 e. The second-order valence-electron chi connectivity index (χ2n) is 8.31. The molecule has 1 aliphatic heterocycles. The SMILES string of the molecule is C#Cc1cc(Nc2ncnc3cc(OC4CCOC4)c(NC(=O)/C=C/CN(C)C)cc23)ccc1F. The molecule has 3 aromatic rings. The van der Waals surface area contributed by atoms with Gasteiger partial charge in [0.25, 0.3) is 0 Å². The molecule has 9 heteroatoms. The Hall–Kier alpha value is -4.00. The molecule has 0 saturated carbocycles. The lowest BCUT2D eigenvalue weighted by Crippen LogP contribution is -2.18. The first-order valence-corrected chi connectivity index (χ1v) is 11.1. The first kappa shape index (κ1) is 24.1. The Morgan fingerprint density at radius 2 is 2.20 bits per heavy atom. The number of terminal acetylenes is 1. The fraction of sp³-hybridized carbons (Fsp3) is 0.269. The van der Waals surface area contributed by atoms with Crippen LogP contribution in [-0.4, -0.2) is 60.7 Å². The predicted molar refractivity (Wildman–Crippen MR) is 133 cm³/mol. The number of nitrogens with one attached hydrogen (secondary N) is 2. The smallest absolute Gasteiger partial charge is 0.248 e. The molecule has 2 heterocycles. The van der Waals surface area contributed by atoms with E-state index in [1.54, 1.807) is 24.3 Å². The van der Waals surface area contributed by atoms with Gasteiger partial charge in [0.2, 0.25) is 5.91 Å². The maximum absolute atomic E-state index is 13.8. The van der Waals surface area contributed by atoms with Gasteiger partial charge in [0, 0.05) is 36.2 Å². The van der Waals surface area contributed by atoms with E-state index in [0.29, 0.717) is 53.6 Å². The number of nitrogens with zero attached hydrogens (tertiary/aromatic N) is 3. The van der Waals surface area contributed by atoms with Gasteiger partial charge < -0.3 is 25.0 Å². The van der Waals surface area contributed by atoms with Gasteiger partial charge in [0.05, 0.1) is 30.0 Å². The van der Waals surface area contributed by atoms with Gasteiger partial charge in [-0.3, -0.25) is 4.79 Å². The van der Waals surface area contributed by atoms with E-state index in [-0.39, 0.29) is 17.6 Å². The monoisotopic (exact) mass is 475 g/mol. The highest BCUT2D eigenvalue weighted by atomic mass is 19.1. The van der Waals surface area contributed by atoms with E-state index in [1.165, 1.54) is 24.5 Å². The summed E-state index contributed by atoms with van der Waals surface area (Å²) in [4.78, 5) is 23.3. The number of fused-ring (bicyclic) bond motifs is 1. The summed E-state index contributed by atoms with van der Waals surface area (Å²) in [6.07, 6.45) is 10.7. The molecule has 0 bridgehead atoms. The van der Waals surface area contributed by atoms with E-state index >= 15 is 0 Å². The lowest BCUT2D eigenvalue weighted by atomic mass is 10.1. The van der Waals surface area contributed by atoms with E-state index in [2.05, 4.69) is 26.5 Å². The molecule has 1 atom stereocenters. The molecule has 2 N–H and O–H groups in total. The number of anilines is 3. The van der Waals surface area contributed by atoms with Crippen molar-refractivity contribution in [2.24, 2.45) is 0 Å². The molecule has 180 valence electrons. The average Bonchev–Trinajstić information content (AvgIpc) is 3.34. The van der Waals surface area contributed by atoms with Gasteiger partial charge in [-0.25, -0.2) is 14.4 Å². The van der Waals surface area contributed by atoms with Crippen LogP contribution >= 0.6 is 0 Å². The molecule has 1 fully saturated rings. The van der Waals surface area contributed by atoms with Crippen molar-refractivity contribution in [3.63, 3.8) is 0 Å². The third-order valence-corrected chi connectivity index (χ3v) is 5.30. The molecule has 4 rings (SSSR count). The molecule has 8 nitrogen and oxygen atoms in total. The predicted octanol–water partition coefficient (Wildman–Crippen LogP) is 3.72. The van der Waals surface area contributed by atoms with E-state index < -0.39 is 5.82 Å². The van der Waals surface area contributed by atoms with Crippen LogP contribution in [0.4, 0.5) is 21.6 Å². The zero-order valence-electron chi connectivity index (χ0n) is 19.5. The number of ether oxygens (including phenoxy) is 2. The highest BCUT2D eigenvalue weighted by Crippen LogP contribution is 2.34. The number of hydrogen-bond acceptors (Lipinski definition) is 7. The van der Waals surface area contributed by atoms with Crippen molar-refractivity contribution in [1.82, 2.24) is 14.9 Å². The van der Waals surface area contributed by atoms with Crippen LogP contribution in [0.3, 0.4) is 0 Å². The zero-order valence-corrected chi connectivity index (χ0v) is 19.5. The van der Waals surface area contributed by atoms with Crippen LogP contribution in [-0.2, 0) is 9.53 Å². The van der Waals surface area contributed by atoms with Crippen LogP contribution in [0.5, 0.6) is 5.75 Å². The van der Waals surface area contributed by atoms with Crippen LogP contribution in [0.1, 0.15) is 12.0 Å². The fourth-order valence-corrected chi connectivity index (χ4v) is 3.56. The largest absolute Gasteiger partial charge is 0.486 e. The number of hydrogen-bond donors (Lipinski definition) is 2. The van der Waals surface area contributed by atoms with Crippen molar-refractivity contribution in [1.29, 1.82) is 0 Å². The van der Waals surface area contributed by atoms with Crippen molar-refractivity contribution < 1.29 is 18.7 Å². The quantitative estimate of drug-likeness (QED) is 0.379. The zero-order chi connectivity index (χ0) is 24.8. The average molecular weight is 476 g/mol. The summed E-state index contributed by atoms with van der Waals surface area (Å²) in [6, 6.07) is 7.91.